The number of benzene rings is 2. The third-order valence-corrected chi connectivity index (χ3v) is 6.13. The Hall–Kier alpha value is -3.81. The van der Waals surface area contributed by atoms with Crippen molar-refractivity contribution in [1.29, 1.82) is 0 Å². The molecule has 3 heterocycles. The molecule has 1 aliphatic heterocycles. The number of nitrogen functional groups attached to an aromatic ring is 1. The molecule has 3 N–H and O–H groups in total. The first kappa shape index (κ1) is 20.1. The fourth-order valence-corrected chi connectivity index (χ4v) is 4.60. The van der Waals surface area contributed by atoms with Crippen LogP contribution in [0.3, 0.4) is 0 Å². The van der Waals surface area contributed by atoms with Gasteiger partial charge in [0.15, 0.2) is 17.1 Å². The van der Waals surface area contributed by atoms with Crippen molar-refractivity contribution in [2.45, 2.75) is 25.3 Å². The van der Waals surface area contributed by atoms with Crippen LogP contribution in [0.2, 0.25) is 0 Å². The van der Waals surface area contributed by atoms with Crippen molar-refractivity contribution in [1.82, 2.24) is 20.2 Å². The highest BCUT2D eigenvalue weighted by Crippen LogP contribution is 2.42. The van der Waals surface area contributed by atoms with E-state index in [0.717, 1.165) is 48.5 Å². The minimum Gasteiger partial charge on any atom is -0.493 e. The lowest BCUT2D eigenvalue weighted by molar-refractivity contribution is 0.352. The number of methoxy groups -OCH3 is 2. The predicted octanol–water partition coefficient (Wildman–Crippen LogP) is 3.69. The Balaban J connectivity index is 1.60. The number of aromatic amines is 1. The molecule has 1 unspecified atom stereocenters. The summed E-state index contributed by atoms with van der Waals surface area (Å²) >= 11 is 0. The van der Waals surface area contributed by atoms with E-state index in [4.69, 9.17) is 15.2 Å². The standard InChI is InChI=1S/C24H26N6O2/c1-31-20-12-16-10-11-30(23-18-14-26-29-22(18)27-24(25)28-23)19(17(16)13-21(20)32-2)9-8-15-6-4-3-5-7-15/h3-7,12-14,19H,8-11H2,1-2H3,(H3,25,26,27,28,29). The van der Waals surface area contributed by atoms with E-state index in [1.54, 1.807) is 20.4 Å². The fourth-order valence-electron chi connectivity index (χ4n) is 4.60. The van der Waals surface area contributed by atoms with Crippen LogP contribution in [0.1, 0.15) is 29.2 Å². The maximum Gasteiger partial charge on any atom is 0.224 e. The topological polar surface area (TPSA) is 102 Å². The van der Waals surface area contributed by atoms with Crippen LogP contribution in [0.25, 0.3) is 11.0 Å². The molecule has 8 nitrogen and oxygen atoms in total. The maximum absolute atomic E-state index is 6.05. The lowest BCUT2D eigenvalue weighted by Gasteiger charge is -2.39. The van der Waals surface area contributed by atoms with E-state index in [0.29, 0.717) is 5.65 Å². The van der Waals surface area contributed by atoms with E-state index in [2.05, 4.69) is 61.5 Å². The quantitative estimate of drug-likeness (QED) is 0.481. The van der Waals surface area contributed by atoms with E-state index in [-0.39, 0.29) is 12.0 Å². The van der Waals surface area contributed by atoms with E-state index < -0.39 is 0 Å². The van der Waals surface area contributed by atoms with Gasteiger partial charge in [0.1, 0.15) is 5.82 Å². The summed E-state index contributed by atoms with van der Waals surface area (Å²) in [6, 6.07) is 14.8. The zero-order valence-electron chi connectivity index (χ0n) is 18.2. The molecule has 8 heteroatoms. The van der Waals surface area contributed by atoms with Crippen LogP contribution >= 0.6 is 0 Å². The van der Waals surface area contributed by atoms with Crippen molar-refractivity contribution in [3.05, 3.63) is 65.4 Å². The van der Waals surface area contributed by atoms with Gasteiger partial charge in [0.05, 0.1) is 31.8 Å². The first-order chi connectivity index (χ1) is 15.7. The van der Waals surface area contributed by atoms with Gasteiger partial charge in [-0.05, 0) is 48.1 Å². The lowest BCUT2D eigenvalue weighted by Crippen LogP contribution is -2.36. The van der Waals surface area contributed by atoms with Crippen molar-refractivity contribution < 1.29 is 9.47 Å². The summed E-state index contributed by atoms with van der Waals surface area (Å²) in [6.45, 7) is 0.804. The first-order valence-electron chi connectivity index (χ1n) is 10.7. The van der Waals surface area contributed by atoms with Crippen molar-refractivity contribution in [2.24, 2.45) is 0 Å². The Morgan fingerprint density at radius 1 is 1.09 bits per heavy atom. The second-order valence-electron chi connectivity index (χ2n) is 7.93. The van der Waals surface area contributed by atoms with Gasteiger partial charge in [0.25, 0.3) is 0 Å². The molecule has 0 amide bonds. The number of fused-ring (bicyclic) bond motifs is 2. The minimum atomic E-state index is 0.0890. The summed E-state index contributed by atoms with van der Waals surface area (Å²) in [5.41, 5.74) is 10.5. The molecule has 4 aromatic rings. The SMILES string of the molecule is COc1cc2c(cc1OC)C(CCc1ccccc1)N(c1nc(N)nc3[nH]ncc13)CC2. The van der Waals surface area contributed by atoms with Crippen LogP contribution in [0.15, 0.2) is 48.7 Å². The highest BCUT2D eigenvalue weighted by atomic mass is 16.5. The number of aryl methyl sites for hydroxylation is 1. The molecule has 164 valence electrons. The highest BCUT2D eigenvalue weighted by Gasteiger charge is 2.31. The molecule has 2 aromatic carbocycles. The van der Waals surface area contributed by atoms with Gasteiger partial charge in [0, 0.05) is 6.54 Å². The fraction of sp³-hybridized carbons (Fsp3) is 0.292. The van der Waals surface area contributed by atoms with Crippen LogP contribution in [0.4, 0.5) is 11.8 Å². The van der Waals surface area contributed by atoms with Crippen molar-refractivity contribution in [3.8, 4) is 11.5 Å². The van der Waals surface area contributed by atoms with Crippen molar-refractivity contribution >= 4 is 22.8 Å². The van der Waals surface area contributed by atoms with Crippen LogP contribution < -0.4 is 20.1 Å². The number of hydrogen-bond donors (Lipinski definition) is 2. The molecule has 0 saturated heterocycles. The van der Waals surface area contributed by atoms with E-state index >= 15 is 0 Å². The van der Waals surface area contributed by atoms with Gasteiger partial charge < -0.3 is 20.1 Å². The predicted molar refractivity (Wildman–Crippen MR) is 124 cm³/mol. The van der Waals surface area contributed by atoms with Crippen LogP contribution in [-0.4, -0.2) is 40.9 Å². The molecule has 0 fully saturated rings. The monoisotopic (exact) mass is 430 g/mol. The van der Waals surface area contributed by atoms with Crippen LogP contribution in [0.5, 0.6) is 11.5 Å². The second-order valence-corrected chi connectivity index (χ2v) is 7.93. The van der Waals surface area contributed by atoms with Gasteiger partial charge in [-0.2, -0.15) is 15.1 Å². The van der Waals surface area contributed by atoms with Gasteiger partial charge in [-0.25, -0.2) is 0 Å². The molecular formula is C24H26N6O2. The molecule has 0 bridgehead atoms. The van der Waals surface area contributed by atoms with Gasteiger partial charge in [0.2, 0.25) is 5.95 Å². The third-order valence-electron chi connectivity index (χ3n) is 6.13. The summed E-state index contributed by atoms with van der Waals surface area (Å²) in [7, 11) is 3.34. The number of rotatable bonds is 6. The molecule has 0 spiro atoms. The van der Waals surface area contributed by atoms with Crippen molar-refractivity contribution in [3.63, 3.8) is 0 Å². The number of nitrogens with one attached hydrogen (secondary N) is 1. The highest BCUT2D eigenvalue weighted by molar-refractivity contribution is 5.87. The smallest absolute Gasteiger partial charge is 0.224 e. The average Bonchev–Trinajstić information content (AvgIpc) is 3.30. The summed E-state index contributed by atoms with van der Waals surface area (Å²) in [4.78, 5) is 11.2. The maximum atomic E-state index is 6.05. The van der Waals surface area contributed by atoms with Gasteiger partial charge in [-0.15, -0.1) is 0 Å². The minimum absolute atomic E-state index is 0.0890. The summed E-state index contributed by atoms with van der Waals surface area (Å²) in [6.07, 6.45) is 4.48. The molecular weight excluding hydrogens is 404 g/mol. The van der Waals surface area contributed by atoms with Gasteiger partial charge in [-0.1, -0.05) is 30.3 Å². The van der Waals surface area contributed by atoms with Crippen LogP contribution in [0, 0.1) is 0 Å². The summed E-state index contributed by atoms with van der Waals surface area (Å²) in [5.74, 6) is 2.52. The van der Waals surface area contributed by atoms with E-state index in [9.17, 15) is 0 Å². The Kier molecular flexibility index (Phi) is 5.26. The van der Waals surface area contributed by atoms with Crippen LogP contribution in [-0.2, 0) is 12.8 Å². The Bertz CT molecular complexity index is 1240. The molecule has 0 radical (unpaired) electrons. The first-order valence-corrected chi connectivity index (χ1v) is 10.7. The number of nitrogens with two attached hydrogens (primary N) is 1. The van der Waals surface area contributed by atoms with Crippen molar-refractivity contribution in [2.75, 3.05) is 31.4 Å². The lowest BCUT2D eigenvalue weighted by atomic mass is 9.88. The molecule has 0 saturated carbocycles. The number of nitrogens with zero attached hydrogens (tertiary/aromatic N) is 4. The summed E-state index contributed by atoms with van der Waals surface area (Å²) < 4.78 is 11.2. The Morgan fingerprint density at radius 3 is 2.66 bits per heavy atom. The largest absolute Gasteiger partial charge is 0.493 e. The molecule has 1 atom stereocenters. The molecule has 5 rings (SSSR count). The normalized spacial score (nSPS) is 15.6. The Labute approximate surface area is 186 Å². The van der Waals surface area contributed by atoms with Gasteiger partial charge >= 0.3 is 0 Å². The summed E-state index contributed by atoms with van der Waals surface area (Å²) in [5, 5.41) is 7.95. The van der Waals surface area contributed by atoms with E-state index in [1.165, 1.54) is 16.7 Å². The van der Waals surface area contributed by atoms with E-state index in [1.807, 2.05) is 6.07 Å². The molecule has 32 heavy (non-hydrogen) atoms. The number of ether oxygens (including phenoxy) is 2. The zero-order chi connectivity index (χ0) is 22.1. The average molecular weight is 431 g/mol. The molecule has 1 aliphatic rings. The number of hydrogen-bond acceptors (Lipinski definition) is 7. The molecule has 2 aromatic heterocycles. The number of anilines is 2. The Morgan fingerprint density at radius 2 is 1.88 bits per heavy atom. The second kappa shape index (κ2) is 8.37. The number of aromatic nitrogens is 4. The zero-order valence-corrected chi connectivity index (χ0v) is 18.2. The third kappa shape index (κ3) is 3.57. The number of H-pyrrole nitrogens is 1. The van der Waals surface area contributed by atoms with Gasteiger partial charge in [-0.3, -0.25) is 5.10 Å². The molecule has 0 aliphatic carbocycles.